The summed E-state index contributed by atoms with van der Waals surface area (Å²) in [5.41, 5.74) is 0. The Morgan fingerprint density at radius 1 is 1.27 bits per heavy atom. The average Bonchev–Trinajstić information content (AvgIpc) is 2.49. The second kappa shape index (κ2) is 10.0. The van der Waals surface area contributed by atoms with Crippen LogP contribution >= 0.6 is 11.6 Å². The summed E-state index contributed by atoms with van der Waals surface area (Å²) >= 11 is 5.79. The van der Waals surface area contributed by atoms with Gasteiger partial charge in [-0.3, -0.25) is 14.5 Å². The Balaban J connectivity index is 2.14. The van der Waals surface area contributed by atoms with E-state index in [-0.39, 0.29) is 31.4 Å². The maximum atomic E-state index is 11.6. The summed E-state index contributed by atoms with van der Waals surface area (Å²) in [6.45, 7) is 1.59. The first-order valence-electron chi connectivity index (χ1n) is 6.91. The van der Waals surface area contributed by atoms with Gasteiger partial charge in [0.2, 0.25) is 5.91 Å². The molecular weight excluding hydrogens is 308 g/mol. The number of methoxy groups -OCH3 is 1. The number of amides is 1. The summed E-state index contributed by atoms with van der Waals surface area (Å²) in [7, 11) is 3.14. The van der Waals surface area contributed by atoms with Crippen molar-refractivity contribution in [2.24, 2.45) is 0 Å². The number of nitrogens with one attached hydrogen (secondary N) is 1. The minimum Gasteiger partial charge on any atom is -0.492 e. The molecule has 0 aliphatic heterocycles. The minimum absolute atomic E-state index is 0.141. The van der Waals surface area contributed by atoms with E-state index in [1.54, 1.807) is 24.3 Å². The van der Waals surface area contributed by atoms with Gasteiger partial charge in [0, 0.05) is 18.1 Å². The zero-order valence-electron chi connectivity index (χ0n) is 12.8. The van der Waals surface area contributed by atoms with Crippen LogP contribution in [0, 0.1) is 0 Å². The van der Waals surface area contributed by atoms with Crippen LogP contribution in [0.3, 0.4) is 0 Å². The van der Waals surface area contributed by atoms with Crippen molar-refractivity contribution in [3.63, 3.8) is 0 Å². The highest BCUT2D eigenvalue weighted by molar-refractivity contribution is 6.30. The van der Waals surface area contributed by atoms with Gasteiger partial charge in [0.1, 0.15) is 12.4 Å². The number of rotatable bonds is 9. The molecule has 22 heavy (non-hydrogen) atoms. The normalized spacial score (nSPS) is 10.4. The molecule has 0 radical (unpaired) electrons. The molecule has 0 fully saturated rings. The Kier molecular flexibility index (Phi) is 8.32. The van der Waals surface area contributed by atoms with Crippen LogP contribution in [0.4, 0.5) is 0 Å². The van der Waals surface area contributed by atoms with Gasteiger partial charge in [-0.15, -0.1) is 0 Å². The van der Waals surface area contributed by atoms with E-state index in [4.69, 9.17) is 16.3 Å². The lowest BCUT2D eigenvalue weighted by Crippen LogP contribution is -2.37. The molecule has 0 heterocycles. The predicted molar refractivity (Wildman–Crippen MR) is 84.1 cm³/mol. The Hall–Kier alpha value is -1.79. The Morgan fingerprint density at radius 2 is 1.95 bits per heavy atom. The molecule has 7 heteroatoms. The Morgan fingerprint density at radius 3 is 2.59 bits per heavy atom. The van der Waals surface area contributed by atoms with E-state index < -0.39 is 0 Å². The van der Waals surface area contributed by atoms with Crippen molar-refractivity contribution in [1.82, 2.24) is 10.2 Å². The third kappa shape index (κ3) is 7.85. The average molecular weight is 329 g/mol. The van der Waals surface area contributed by atoms with E-state index in [1.165, 1.54) is 7.11 Å². The summed E-state index contributed by atoms with van der Waals surface area (Å²) in [4.78, 5) is 24.4. The molecule has 0 unspecified atom stereocenters. The van der Waals surface area contributed by atoms with E-state index in [2.05, 4.69) is 10.1 Å². The Labute approximate surface area is 135 Å². The smallest absolute Gasteiger partial charge is 0.307 e. The summed E-state index contributed by atoms with van der Waals surface area (Å²) in [6, 6.07) is 7.11. The molecule has 1 aromatic carbocycles. The SMILES string of the molecule is COC(=O)CCNC(=O)CN(C)CCOc1ccc(Cl)cc1. The molecule has 1 amide bonds. The van der Waals surface area contributed by atoms with Crippen LogP contribution in [0.1, 0.15) is 6.42 Å². The van der Waals surface area contributed by atoms with Gasteiger partial charge in [0.25, 0.3) is 0 Å². The van der Waals surface area contributed by atoms with Gasteiger partial charge in [-0.1, -0.05) is 11.6 Å². The first-order valence-corrected chi connectivity index (χ1v) is 7.29. The zero-order valence-corrected chi connectivity index (χ0v) is 13.6. The molecule has 0 atom stereocenters. The number of benzene rings is 1. The van der Waals surface area contributed by atoms with Gasteiger partial charge in [-0.2, -0.15) is 0 Å². The number of ether oxygens (including phenoxy) is 2. The molecule has 0 aliphatic carbocycles. The fraction of sp³-hybridized carbons (Fsp3) is 0.467. The van der Waals surface area contributed by atoms with Crippen molar-refractivity contribution in [2.45, 2.75) is 6.42 Å². The number of halogens is 1. The fourth-order valence-corrected chi connectivity index (χ4v) is 1.76. The standard InChI is InChI=1S/C15H21ClN2O4/c1-18(11-14(19)17-8-7-15(20)21-2)9-10-22-13-5-3-12(16)4-6-13/h3-6H,7-11H2,1-2H3,(H,17,19). The third-order valence-electron chi connectivity index (χ3n) is 2.85. The highest BCUT2D eigenvalue weighted by Crippen LogP contribution is 2.15. The van der Waals surface area contributed by atoms with Gasteiger partial charge in [0.15, 0.2) is 0 Å². The summed E-state index contributed by atoms with van der Waals surface area (Å²) in [5.74, 6) is 0.253. The number of esters is 1. The van der Waals surface area contributed by atoms with Gasteiger partial charge in [-0.05, 0) is 31.3 Å². The summed E-state index contributed by atoms with van der Waals surface area (Å²) in [5, 5.41) is 3.32. The van der Waals surface area contributed by atoms with Crippen molar-refractivity contribution >= 4 is 23.5 Å². The van der Waals surface area contributed by atoms with Crippen molar-refractivity contribution in [2.75, 3.05) is 40.4 Å². The van der Waals surface area contributed by atoms with Gasteiger partial charge < -0.3 is 14.8 Å². The Bertz CT molecular complexity index is 479. The monoisotopic (exact) mass is 328 g/mol. The minimum atomic E-state index is -0.343. The molecule has 1 rings (SSSR count). The maximum Gasteiger partial charge on any atom is 0.307 e. The predicted octanol–water partition coefficient (Wildman–Crippen LogP) is 1.33. The van der Waals surface area contributed by atoms with Crippen LogP contribution in [0.25, 0.3) is 0 Å². The lowest BCUT2D eigenvalue weighted by molar-refractivity contribution is -0.140. The van der Waals surface area contributed by atoms with Crippen molar-refractivity contribution < 1.29 is 19.1 Å². The first-order chi connectivity index (χ1) is 10.5. The number of hydrogen-bond donors (Lipinski definition) is 1. The quantitative estimate of drug-likeness (QED) is 0.693. The summed E-state index contributed by atoms with van der Waals surface area (Å²) < 4.78 is 10.0. The zero-order chi connectivity index (χ0) is 16.4. The van der Waals surface area contributed by atoms with Crippen molar-refractivity contribution in [3.05, 3.63) is 29.3 Å². The second-order valence-corrected chi connectivity index (χ2v) is 5.15. The molecule has 0 aliphatic rings. The van der Waals surface area contributed by atoms with Gasteiger partial charge in [0.05, 0.1) is 20.1 Å². The number of carbonyl (C=O) groups is 2. The van der Waals surface area contributed by atoms with Gasteiger partial charge in [-0.25, -0.2) is 0 Å². The molecule has 1 aromatic rings. The number of carbonyl (C=O) groups excluding carboxylic acids is 2. The number of hydrogen-bond acceptors (Lipinski definition) is 5. The number of nitrogens with zero attached hydrogens (tertiary/aromatic N) is 1. The van der Waals surface area contributed by atoms with E-state index in [0.29, 0.717) is 18.2 Å². The fourth-order valence-electron chi connectivity index (χ4n) is 1.64. The van der Waals surface area contributed by atoms with Gasteiger partial charge >= 0.3 is 5.97 Å². The molecular formula is C15H21ClN2O4. The van der Waals surface area contributed by atoms with Crippen LogP contribution in [0.15, 0.2) is 24.3 Å². The lowest BCUT2D eigenvalue weighted by Gasteiger charge is -2.16. The number of likely N-dealkylation sites (N-methyl/N-ethyl adjacent to an activating group) is 1. The lowest BCUT2D eigenvalue weighted by atomic mass is 10.3. The molecule has 122 valence electrons. The molecule has 1 N–H and O–H groups in total. The molecule has 0 spiro atoms. The third-order valence-corrected chi connectivity index (χ3v) is 3.10. The highest BCUT2D eigenvalue weighted by Gasteiger charge is 2.07. The van der Waals surface area contributed by atoms with Crippen LogP contribution < -0.4 is 10.1 Å². The van der Waals surface area contributed by atoms with E-state index >= 15 is 0 Å². The molecule has 0 bridgehead atoms. The van der Waals surface area contributed by atoms with E-state index in [9.17, 15) is 9.59 Å². The topological polar surface area (TPSA) is 67.9 Å². The van der Waals surface area contributed by atoms with Crippen LogP contribution in [0.2, 0.25) is 5.02 Å². The van der Waals surface area contributed by atoms with Crippen molar-refractivity contribution in [1.29, 1.82) is 0 Å². The molecule has 0 saturated carbocycles. The largest absolute Gasteiger partial charge is 0.492 e. The molecule has 0 saturated heterocycles. The molecule has 6 nitrogen and oxygen atoms in total. The second-order valence-electron chi connectivity index (χ2n) is 4.72. The maximum absolute atomic E-state index is 11.6. The van der Waals surface area contributed by atoms with Crippen molar-refractivity contribution in [3.8, 4) is 5.75 Å². The van der Waals surface area contributed by atoms with E-state index in [1.807, 2.05) is 11.9 Å². The summed E-state index contributed by atoms with van der Waals surface area (Å²) in [6.07, 6.45) is 0.172. The van der Waals surface area contributed by atoms with Crippen LogP contribution in [-0.4, -0.2) is 57.2 Å². The highest BCUT2D eigenvalue weighted by atomic mass is 35.5. The van der Waals surface area contributed by atoms with E-state index in [0.717, 1.165) is 5.75 Å². The first kappa shape index (κ1) is 18.3. The van der Waals surface area contributed by atoms with Crippen LogP contribution in [-0.2, 0) is 14.3 Å². The molecule has 0 aromatic heterocycles. The van der Waals surface area contributed by atoms with Crippen LogP contribution in [0.5, 0.6) is 5.75 Å².